The Morgan fingerprint density at radius 2 is 1.64 bits per heavy atom. The molecule has 0 unspecified atom stereocenters. The molecule has 0 aliphatic rings. The molecule has 0 aliphatic heterocycles. The number of nitrogens with one attached hydrogen (secondary N) is 2. The van der Waals surface area contributed by atoms with Crippen molar-refractivity contribution in [2.75, 3.05) is 11.3 Å². The van der Waals surface area contributed by atoms with Gasteiger partial charge in [-0.05, 0) is 56.7 Å². The molecule has 0 heterocycles. The monoisotopic (exact) mass is 404 g/mol. The smallest absolute Gasteiger partial charge is 0.338 e. The van der Waals surface area contributed by atoms with Gasteiger partial charge in [0.05, 0.1) is 10.5 Å². The van der Waals surface area contributed by atoms with Crippen LogP contribution in [0.3, 0.4) is 0 Å². The number of ether oxygens (including phenoxy) is 1. The van der Waals surface area contributed by atoms with Crippen molar-refractivity contribution in [3.63, 3.8) is 0 Å². The van der Waals surface area contributed by atoms with Gasteiger partial charge in [0.1, 0.15) is 0 Å². The minimum Gasteiger partial charge on any atom is -0.452 e. The third kappa shape index (κ3) is 6.09. The molecule has 1 amide bonds. The van der Waals surface area contributed by atoms with E-state index >= 15 is 0 Å². The van der Waals surface area contributed by atoms with E-state index in [1.54, 1.807) is 24.3 Å². The predicted octanol–water partition coefficient (Wildman–Crippen LogP) is 2.87. The summed E-state index contributed by atoms with van der Waals surface area (Å²) in [5.74, 6) is -1.08. The van der Waals surface area contributed by atoms with Crippen molar-refractivity contribution in [1.82, 2.24) is 5.32 Å². The molecule has 1 atom stereocenters. The maximum atomic E-state index is 12.4. The third-order valence-corrected chi connectivity index (χ3v) is 5.46. The maximum absolute atomic E-state index is 12.4. The Kier molecular flexibility index (Phi) is 7.17. The second-order valence-electron chi connectivity index (χ2n) is 6.45. The van der Waals surface area contributed by atoms with Gasteiger partial charge in [-0.1, -0.05) is 24.6 Å². The third-order valence-electron chi connectivity index (χ3n) is 4.06. The van der Waals surface area contributed by atoms with E-state index in [1.807, 2.05) is 20.8 Å². The van der Waals surface area contributed by atoms with Gasteiger partial charge in [0.15, 0.2) is 6.61 Å². The molecule has 2 N–H and O–H groups in total. The molecule has 2 rings (SSSR count). The maximum Gasteiger partial charge on any atom is 0.338 e. The Balaban J connectivity index is 1.98. The topological polar surface area (TPSA) is 102 Å². The van der Waals surface area contributed by atoms with Gasteiger partial charge in [-0.15, -0.1) is 0 Å². The average Bonchev–Trinajstić information content (AvgIpc) is 2.67. The number of carbonyl (C=O) groups excluding carboxylic acids is 2. The fourth-order valence-electron chi connectivity index (χ4n) is 2.24. The summed E-state index contributed by atoms with van der Waals surface area (Å²) >= 11 is 0. The van der Waals surface area contributed by atoms with E-state index in [1.165, 1.54) is 24.3 Å². The minimum absolute atomic E-state index is 0.00304. The van der Waals surface area contributed by atoms with E-state index in [9.17, 15) is 18.0 Å². The summed E-state index contributed by atoms with van der Waals surface area (Å²) in [4.78, 5) is 23.7. The van der Waals surface area contributed by atoms with Crippen LogP contribution in [0.5, 0.6) is 0 Å². The number of rotatable bonds is 8. The molecular formula is C20H24N2O5S. The minimum atomic E-state index is -3.78. The predicted molar refractivity (Wildman–Crippen MR) is 107 cm³/mol. The molecule has 2 aromatic carbocycles. The largest absolute Gasteiger partial charge is 0.452 e. The van der Waals surface area contributed by atoms with E-state index < -0.39 is 22.6 Å². The highest BCUT2D eigenvalue weighted by Gasteiger charge is 2.16. The van der Waals surface area contributed by atoms with Gasteiger partial charge in [0, 0.05) is 11.7 Å². The van der Waals surface area contributed by atoms with Gasteiger partial charge >= 0.3 is 5.97 Å². The molecule has 0 aromatic heterocycles. The SMILES string of the molecule is CC[C@H](C)NC(=O)COC(=O)c1ccc(S(=O)(=O)Nc2ccc(C)cc2)cc1. The van der Waals surface area contributed by atoms with Gasteiger partial charge in [0.25, 0.3) is 15.9 Å². The fraction of sp³-hybridized carbons (Fsp3) is 0.300. The number of esters is 1. The number of hydrogen-bond acceptors (Lipinski definition) is 5. The summed E-state index contributed by atoms with van der Waals surface area (Å²) in [6.45, 7) is 5.30. The molecule has 150 valence electrons. The fourth-order valence-corrected chi connectivity index (χ4v) is 3.30. The van der Waals surface area contributed by atoms with Crippen molar-refractivity contribution in [3.05, 3.63) is 59.7 Å². The van der Waals surface area contributed by atoms with Gasteiger partial charge in [-0.3, -0.25) is 9.52 Å². The Hall–Kier alpha value is -2.87. The summed E-state index contributed by atoms with van der Waals surface area (Å²) in [6, 6.07) is 12.3. The molecule has 0 saturated carbocycles. The summed E-state index contributed by atoms with van der Waals surface area (Å²) in [5, 5.41) is 2.69. The first-order chi connectivity index (χ1) is 13.2. The summed E-state index contributed by atoms with van der Waals surface area (Å²) < 4.78 is 32.3. The molecule has 7 nitrogen and oxygen atoms in total. The molecule has 0 spiro atoms. The Labute approximate surface area is 165 Å². The van der Waals surface area contributed by atoms with Crippen molar-refractivity contribution in [2.45, 2.75) is 38.1 Å². The number of anilines is 1. The van der Waals surface area contributed by atoms with Crippen LogP contribution in [0.2, 0.25) is 0 Å². The molecule has 2 aromatic rings. The molecule has 0 fully saturated rings. The second-order valence-corrected chi connectivity index (χ2v) is 8.13. The molecular weight excluding hydrogens is 380 g/mol. The van der Waals surface area contributed by atoms with Crippen LogP contribution in [0.15, 0.2) is 53.4 Å². The van der Waals surface area contributed by atoms with Crippen LogP contribution < -0.4 is 10.0 Å². The summed E-state index contributed by atoms with van der Waals surface area (Å²) in [7, 11) is -3.78. The molecule has 0 saturated heterocycles. The van der Waals surface area contributed by atoms with Crippen LogP contribution in [0.4, 0.5) is 5.69 Å². The first kappa shape index (κ1) is 21.4. The van der Waals surface area contributed by atoms with Gasteiger partial charge in [-0.2, -0.15) is 0 Å². The van der Waals surface area contributed by atoms with Crippen LogP contribution in [-0.4, -0.2) is 32.9 Å². The van der Waals surface area contributed by atoms with Crippen LogP contribution in [0, 0.1) is 6.92 Å². The zero-order valence-corrected chi connectivity index (χ0v) is 16.9. The van der Waals surface area contributed by atoms with Crippen LogP contribution in [0.25, 0.3) is 0 Å². The van der Waals surface area contributed by atoms with E-state index in [4.69, 9.17) is 4.74 Å². The lowest BCUT2D eigenvalue weighted by molar-refractivity contribution is -0.124. The lowest BCUT2D eigenvalue weighted by Crippen LogP contribution is -2.35. The first-order valence-corrected chi connectivity index (χ1v) is 10.4. The number of aryl methyl sites for hydroxylation is 1. The second kappa shape index (κ2) is 9.36. The Bertz CT molecular complexity index is 922. The van der Waals surface area contributed by atoms with Crippen LogP contribution in [-0.2, 0) is 19.6 Å². The molecule has 0 radical (unpaired) electrons. The highest BCUT2D eigenvalue weighted by molar-refractivity contribution is 7.92. The van der Waals surface area contributed by atoms with E-state index in [-0.39, 0.29) is 22.4 Å². The number of hydrogen-bond donors (Lipinski definition) is 2. The van der Waals surface area contributed by atoms with Crippen LogP contribution >= 0.6 is 0 Å². The number of benzene rings is 2. The van der Waals surface area contributed by atoms with Crippen molar-refractivity contribution in [3.8, 4) is 0 Å². The van der Waals surface area contributed by atoms with Crippen molar-refractivity contribution in [2.24, 2.45) is 0 Å². The van der Waals surface area contributed by atoms with Gasteiger partial charge < -0.3 is 10.1 Å². The van der Waals surface area contributed by atoms with Crippen molar-refractivity contribution in [1.29, 1.82) is 0 Å². The van der Waals surface area contributed by atoms with Gasteiger partial charge in [-0.25, -0.2) is 13.2 Å². The average molecular weight is 404 g/mol. The highest BCUT2D eigenvalue weighted by Crippen LogP contribution is 2.17. The van der Waals surface area contributed by atoms with Gasteiger partial charge in [0.2, 0.25) is 0 Å². The standard InChI is InChI=1S/C20H24N2O5S/c1-4-15(3)21-19(23)13-27-20(24)16-7-11-18(12-8-16)28(25,26)22-17-9-5-14(2)6-10-17/h5-12,15,22H,4,13H2,1-3H3,(H,21,23)/t15-/m0/s1. The van der Waals surface area contributed by atoms with E-state index in [2.05, 4.69) is 10.0 Å². The van der Waals surface area contributed by atoms with E-state index in [0.717, 1.165) is 12.0 Å². The molecule has 28 heavy (non-hydrogen) atoms. The molecule has 0 bridgehead atoms. The molecule has 0 aliphatic carbocycles. The number of amides is 1. The zero-order valence-electron chi connectivity index (χ0n) is 16.1. The Morgan fingerprint density at radius 1 is 1.04 bits per heavy atom. The zero-order chi connectivity index (χ0) is 20.7. The first-order valence-electron chi connectivity index (χ1n) is 8.87. The quantitative estimate of drug-likeness (QED) is 0.659. The van der Waals surface area contributed by atoms with E-state index in [0.29, 0.717) is 5.69 Å². The Morgan fingerprint density at radius 3 is 2.21 bits per heavy atom. The highest BCUT2D eigenvalue weighted by atomic mass is 32.2. The molecule has 8 heteroatoms. The lowest BCUT2D eigenvalue weighted by Gasteiger charge is -2.11. The normalized spacial score (nSPS) is 12.1. The van der Waals surface area contributed by atoms with Crippen LogP contribution in [0.1, 0.15) is 36.2 Å². The number of carbonyl (C=O) groups is 2. The summed E-state index contributed by atoms with van der Waals surface area (Å²) in [5.41, 5.74) is 1.62. The number of sulfonamides is 1. The lowest BCUT2D eigenvalue weighted by atomic mass is 10.2. The summed E-state index contributed by atoms with van der Waals surface area (Å²) in [6.07, 6.45) is 0.770. The van der Waals surface area contributed by atoms with Crippen molar-refractivity contribution < 1.29 is 22.7 Å². The van der Waals surface area contributed by atoms with Crippen molar-refractivity contribution >= 4 is 27.6 Å².